The molecule has 4 heterocycles. The highest BCUT2D eigenvalue weighted by atomic mass is 19.1. The molecule has 0 amide bonds. The summed E-state index contributed by atoms with van der Waals surface area (Å²) in [6, 6.07) is 4.65. The van der Waals surface area contributed by atoms with Gasteiger partial charge in [0.2, 0.25) is 5.65 Å². The summed E-state index contributed by atoms with van der Waals surface area (Å²) in [4.78, 5) is 17.6. The van der Waals surface area contributed by atoms with E-state index in [1.807, 2.05) is 10.6 Å². The smallest absolute Gasteiger partial charge is 0.203 e. The van der Waals surface area contributed by atoms with Crippen LogP contribution in [0.1, 0.15) is 6.42 Å². The van der Waals surface area contributed by atoms with E-state index in [1.54, 1.807) is 18.6 Å². The zero-order chi connectivity index (χ0) is 18.2. The first kappa shape index (κ1) is 15.9. The Morgan fingerprint density at radius 3 is 2.67 bits per heavy atom. The van der Waals surface area contributed by atoms with Gasteiger partial charge in [0.1, 0.15) is 24.3 Å². The molecule has 0 spiro atoms. The highest BCUT2D eigenvalue weighted by Gasteiger charge is 2.21. The number of benzene rings is 1. The molecule has 1 saturated heterocycles. The third-order valence-electron chi connectivity index (χ3n) is 4.87. The summed E-state index contributed by atoms with van der Waals surface area (Å²) in [5.41, 5.74) is 1.38. The molecule has 0 aliphatic carbocycles. The summed E-state index contributed by atoms with van der Waals surface area (Å²) in [6.45, 7) is 3.29. The molecule has 5 rings (SSSR count). The molecule has 8 nitrogen and oxygen atoms in total. The van der Waals surface area contributed by atoms with E-state index in [0.29, 0.717) is 5.52 Å². The van der Waals surface area contributed by atoms with Gasteiger partial charge in [0.15, 0.2) is 5.82 Å². The lowest BCUT2D eigenvalue weighted by Crippen LogP contribution is -2.32. The van der Waals surface area contributed by atoms with Crippen LogP contribution in [0.2, 0.25) is 0 Å². The van der Waals surface area contributed by atoms with E-state index in [2.05, 4.69) is 34.9 Å². The average Bonchev–Trinajstić information content (AvgIpc) is 3.04. The Labute approximate surface area is 154 Å². The summed E-state index contributed by atoms with van der Waals surface area (Å²) in [5.74, 6) is 1.39. The molecule has 1 aromatic carbocycles. The van der Waals surface area contributed by atoms with Gasteiger partial charge in [-0.3, -0.25) is 4.40 Å². The van der Waals surface area contributed by atoms with Crippen molar-refractivity contribution in [3.63, 3.8) is 0 Å². The second-order valence-corrected chi connectivity index (χ2v) is 6.50. The lowest BCUT2D eigenvalue weighted by Gasteiger charge is -2.24. The topological polar surface area (TPSA) is 75.3 Å². The van der Waals surface area contributed by atoms with E-state index in [-0.39, 0.29) is 5.82 Å². The lowest BCUT2D eigenvalue weighted by molar-refractivity contribution is 0.629. The van der Waals surface area contributed by atoms with E-state index in [0.717, 1.165) is 55.3 Å². The van der Waals surface area contributed by atoms with Crippen LogP contribution in [0.25, 0.3) is 16.6 Å². The number of hydrogen-bond acceptors (Lipinski definition) is 7. The van der Waals surface area contributed by atoms with Crippen LogP contribution in [-0.2, 0) is 0 Å². The summed E-state index contributed by atoms with van der Waals surface area (Å²) < 4.78 is 15.4. The second-order valence-electron chi connectivity index (χ2n) is 6.50. The van der Waals surface area contributed by atoms with E-state index in [1.165, 1.54) is 18.5 Å². The van der Waals surface area contributed by atoms with Crippen molar-refractivity contribution < 1.29 is 4.39 Å². The van der Waals surface area contributed by atoms with Crippen LogP contribution in [0.5, 0.6) is 0 Å². The van der Waals surface area contributed by atoms with Crippen molar-refractivity contribution in [2.45, 2.75) is 6.42 Å². The van der Waals surface area contributed by atoms with Gasteiger partial charge in [-0.1, -0.05) is 0 Å². The predicted molar refractivity (Wildman–Crippen MR) is 99.3 cm³/mol. The quantitative estimate of drug-likeness (QED) is 0.538. The van der Waals surface area contributed by atoms with Gasteiger partial charge in [0, 0.05) is 50.0 Å². The van der Waals surface area contributed by atoms with Gasteiger partial charge in [-0.15, -0.1) is 10.2 Å². The molecule has 0 unspecified atom stereocenters. The highest BCUT2D eigenvalue weighted by Crippen LogP contribution is 2.25. The Kier molecular flexibility index (Phi) is 3.77. The fraction of sp³-hybridized carbons (Fsp3) is 0.278. The van der Waals surface area contributed by atoms with Crippen molar-refractivity contribution in [2.24, 2.45) is 0 Å². The van der Waals surface area contributed by atoms with Crippen LogP contribution >= 0.6 is 0 Å². The van der Waals surface area contributed by atoms with Crippen molar-refractivity contribution in [3.8, 4) is 0 Å². The van der Waals surface area contributed by atoms with Crippen LogP contribution in [0, 0.1) is 5.82 Å². The molecule has 4 aromatic rings. The summed E-state index contributed by atoms with van der Waals surface area (Å²) in [6.07, 6.45) is 7.73. The Morgan fingerprint density at radius 2 is 1.78 bits per heavy atom. The molecule has 9 heteroatoms. The van der Waals surface area contributed by atoms with Gasteiger partial charge >= 0.3 is 0 Å². The molecule has 0 atom stereocenters. The molecular weight excluding hydrogens is 347 g/mol. The van der Waals surface area contributed by atoms with Crippen LogP contribution in [0.4, 0.5) is 16.0 Å². The number of fused-ring (bicyclic) bond motifs is 2. The Bertz CT molecular complexity index is 1110. The molecular formula is C18H17FN8. The lowest BCUT2D eigenvalue weighted by atomic mass is 10.2. The van der Waals surface area contributed by atoms with Crippen LogP contribution in [0.3, 0.4) is 0 Å². The van der Waals surface area contributed by atoms with Crippen LogP contribution in [0.15, 0.2) is 43.2 Å². The molecule has 3 aromatic heterocycles. The first-order valence-corrected chi connectivity index (χ1v) is 8.84. The third-order valence-corrected chi connectivity index (χ3v) is 4.87. The molecule has 0 radical (unpaired) electrons. The SMILES string of the molecule is Fc1ccc2c(N3CCCN(c4nccn5cnnc45)CC3)ncnc2c1. The minimum atomic E-state index is -0.290. The largest absolute Gasteiger partial charge is 0.354 e. The fourth-order valence-corrected chi connectivity index (χ4v) is 3.58. The van der Waals surface area contributed by atoms with Gasteiger partial charge < -0.3 is 9.80 Å². The molecule has 1 fully saturated rings. The molecule has 1 aliphatic rings. The Hall–Kier alpha value is -3.36. The Balaban J connectivity index is 1.44. The maximum atomic E-state index is 13.5. The molecule has 0 N–H and O–H groups in total. The molecule has 0 bridgehead atoms. The first-order chi connectivity index (χ1) is 13.3. The number of rotatable bonds is 2. The number of aromatic nitrogens is 6. The summed E-state index contributed by atoms with van der Waals surface area (Å²) >= 11 is 0. The zero-order valence-corrected chi connectivity index (χ0v) is 14.5. The van der Waals surface area contributed by atoms with Crippen molar-refractivity contribution >= 4 is 28.2 Å². The minimum absolute atomic E-state index is 0.290. The molecule has 136 valence electrons. The van der Waals surface area contributed by atoms with Crippen molar-refractivity contribution in [3.05, 3.63) is 49.1 Å². The minimum Gasteiger partial charge on any atom is -0.354 e. The second kappa shape index (κ2) is 6.42. The monoisotopic (exact) mass is 364 g/mol. The van der Waals surface area contributed by atoms with E-state index < -0.39 is 0 Å². The van der Waals surface area contributed by atoms with Gasteiger partial charge in [-0.2, -0.15) is 0 Å². The van der Waals surface area contributed by atoms with Crippen molar-refractivity contribution in [2.75, 3.05) is 36.0 Å². The molecule has 0 saturated carbocycles. The predicted octanol–water partition coefficient (Wildman–Crippen LogP) is 1.92. The first-order valence-electron chi connectivity index (χ1n) is 8.84. The van der Waals surface area contributed by atoms with E-state index >= 15 is 0 Å². The molecule has 27 heavy (non-hydrogen) atoms. The summed E-state index contributed by atoms with van der Waals surface area (Å²) in [7, 11) is 0. The summed E-state index contributed by atoms with van der Waals surface area (Å²) in [5, 5.41) is 9.03. The van der Waals surface area contributed by atoms with Crippen LogP contribution in [-0.4, -0.2) is 55.7 Å². The number of hydrogen-bond donors (Lipinski definition) is 0. The number of nitrogens with zero attached hydrogens (tertiary/aromatic N) is 8. The standard InChI is InChI=1S/C18H17FN8/c19-13-2-3-14-15(10-13)21-11-22-16(14)25-5-1-6-26(9-8-25)17-18-24-23-12-27(18)7-4-20-17/h2-4,7,10-12H,1,5-6,8-9H2. The number of anilines is 2. The van der Waals surface area contributed by atoms with Gasteiger partial charge in [0.05, 0.1) is 5.52 Å². The third kappa shape index (κ3) is 2.80. The fourth-order valence-electron chi connectivity index (χ4n) is 3.58. The van der Waals surface area contributed by atoms with Gasteiger partial charge in [-0.05, 0) is 18.6 Å². The van der Waals surface area contributed by atoms with Gasteiger partial charge in [0.25, 0.3) is 0 Å². The van der Waals surface area contributed by atoms with Crippen molar-refractivity contribution in [1.82, 2.24) is 29.5 Å². The average molecular weight is 364 g/mol. The van der Waals surface area contributed by atoms with E-state index in [4.69, 9.17) is 0 Å². The number of halogens is 1. The maximum Gasteiger partial charge on any atom is 0.203 e. The highest BCUT2D eigenvalue weighted by molar-refractivity contribution is 5.89. The maximum absolute atomic E-state index is 13.5. The van der Waals surface area contributed by atoms with E-state index in [9.17, 15) is 4.39 Å². The molecule has 1 aliphatic heterocycles. The van der Waals surface area contributed by atoms with Gasteiger partial charge in [-0.25, -0.2) is 19.3 Å². The Morgan fingerprint density at radius 1 is 0.926 bits per heavy atom. The normalized spacial score (nSPS) is 15.4. The van der Waals surface area contributed by atoms with Crippen molar-refractivity contribution in [1.29, 1.82) is 0 Å². The van der Waals surface area contributed by atoms with Crippen LogP contribution < -0.4 is 9.80 Å². The zero-order valence-electron chi connectivity index (χ0n) is 14.5.